The van der Waals surface area contributed by atoms with E-state index < -0.39 is 0 Å². The molecule has 0 saturated heterocycles. The van der Waals surface area contributed by atoms with Crippen LogP contribution in [0.25, 0.3) is 0 Å². The van der Waals surface area contributed by atoms with Crippen LogP contribution in [-0.4, -0.2) is 6.61 Å². The highest BCUT2D eigenvalue weighted by Crippen LogP contribution is 2.07. The van der Waals surface area contributed by atoms with Crippen molar-refractivity contribution in [2.75, 3.05) is 6.61 Å². The van der Waals surface area contributed by atoms with Gasteiger partial charge < -0.3 is 4.74 Å². The Labute approximate surface area is 72.7 Å². The maximum absolute atomic E-state index is 5.33. The van der Waals surface area contributed by atoms with Crippen molar-refractivity contribution < 1.29 is 4.74 Å². The van der Waals surface area contributed by atoms with E-state index in [4.69, 9.17) is 11.2 Å². The molecule has 1 aromatic carbocycles. The summed E-state index contributed by atoms with van der Waals surface area (Å²) in [6, 6.07) is 9.62. The molecule has 0 heterocycles. The van der Waals surface area contributed by atoms with Crippen LogP contribution in [0.1, 0.15) is 0 Å². The number of hydrogen-bond acceptors (Lipinski definition) is 1. The minimum Gasteiger partial charge on any atom is -0.490 e. The summed E-state index contributed by atoms with van der Waals surface area (Å²) in [5, 5.41) is 0. The monoisotopic (exact) mass is 158 g/mol. The molecule has 0 unspecified atom stereocenters. The second-order valence-electron chi connectivity index (χ2n) is 2.19. The summed E-state index contributed by atoms with van der Waals surface area (Å²) in [6.07, 6.45) is 8.44. The Morgan fingerprint density at radius 3 is 2.75 bits per heavy atom. The summed E-state index contributed by atoms with van der Waals surface area (Å²) in [7, 11) is 0. The maximum atomic E-state index is 5.33. The molecule has 1 rings (SSSR count). The van der Waals surface area contributed by atoms with Gasteiger partial charge in [0.05, 0.1) is 0 Å². The maximum Gasteiger partial charge on any atom is 0.119 e. The van der Waals surface area contributed by atoms with Gasteiger partial charge in [0.25, 0.3) is 0 Å². The van der Waals surface area contributed by atoms with Gasteiger partial charge in [0.2, 0.25) is 0 Å². The number of ether oxygens (including phenoxy) is 1. The lowest BCUT2D eigenvalue weighted by Gasteiger charge is -2.00. The highest BCUT2D eigenvalue weighted by Gasteiger charge is 1.85. The summed E-state index contributed by atoms with van der Waals surface area (Å²) >= 11 is 0. The SMILES string of the molecule is C#CC=CCOc1ccccc1. The fourth-order valence-electron chi connectivity index (χ4n) is 0.777. The van der Waals surface area contributed by atoms with Gasteiger partial charge in [-0.3, -0.25) is 0 Å². The van der Waals surface area contributed by atoms with Crippen LogP contribution < -0.4 is 4.74 Å². The minimum absolute atomic E-state index is 0.522. The second-order valence-corrected chi connectivity index (χ2v) is 2.19. The fraction of sp³-hybridized carbons (Fsp3) is 0.0909. The summed E-state index contributed by atoms with van der Waals surface area (Å²) in [5.41, 5.74) is 0. The molecule has 0 aliphatic carbocycles. The first-order valence-corrected chi connectivity index (χ1v) is 3.72. The van der Waals surface area contributed by atoms with E-state index in [2.05, 4.69) is 5.92 Å². The quantitative estimate of drug-likeness (QED) is 0.613. The number of allylic oxidation sites excluding steroid dienone is 1. The van der Waals surface area contributed by atoms with Crippen molar-refractivity contribution in [3.05, 3.63) is 42.5 Å². The van der Waals surface area contributed by atoms with Gasteiger partial charge in [0.15, 0.2) is 0 Å². The zero-order valence-electron chi connectivity index (χ0n) is 6.73. The largest absolute Gasteiger partial charge is 0.490 e. The van der Waals surface area contributed by atoms with E-state index in [1.165, 1.54) is 0 Å². The fourth-order valence-corrected chi connectivity index (χ4v) is 0.777. The number of terminal acetylenes is 1. The molecule has 0 N–H and O–H groups in total. The Morgan fingerprint density at radius 2 is 2.08 bits per heavy atom. The van der Waals surface area contributed by atoms with E-state index in [0.717, 1.165) is 5.75 Å². The third-order valence-electron chi connectivity index (χ3n) is 1.30. The first-order valence-electron chi connectivity index (χ1n) is 3.72. The predicted octanol–water partition coefficient (Wildman–Crippen LogP) is 2.25. The van der Waals surface area contributed by atoms with Crippen molar-refractivity contribution in [1.29, 1.82) is 0 Å². The number of rotatable bonds is 3. The van der Waals surface area contributed by atoms with E-state index in [9.17, 15) is 0 Å². The van der Waals surface area contributed by atoms with Crippen LogP contribution >= 0.6 is 0 Å². The van der Waals surface area contributed by atoms with Gasteiger partial charge in [-0.05, 0) is 24.3 Å². The van der Waals surface area contributed by atoms with Gasteiger partial charge in [-0.2, -0.15) is 0 Å². The van der Waals surface area contributed by atoms with Gasteiger partial charge in [0.1, 0.15) is 12.4 Å². The molecule has 0 aliphatic rings. The van der Waals surface area contributed by atoms with E-state index in [1.807, 2.05) is 30.3 Å². The second kappa shape index (κ2) is 5.03. The molecule has 0 saturated carbocycles. The van der Waals surface area contributed by atoms with Crippen molar-refractivity contribution in [3.63, 3.8) is 0 Å². The zero-order valence-corrected chi connectivity index (χ0v) is 6.73. The molecule has 0 fully saturated rings. The topological polar surface area (TPSA) is 9.23 Å². The molecule has 0 amide bonds. The van der Waals surface area contributed by atoms with E-state index >= 15 is 0 Å². The van der Waals surface area contributed by atoms with Crippen molar-refractivity contribution in [2.24, 2.45) is 0 Å². The Hall–Kier alpha value is -1.68. The van der Waals surface area contributed by atoms with Crippen LogP contribution in [-0.2, 0) is 0 Å². The normalized spacial score (nSPS) is 9.58. The smallest absolute Gasteiger partial charge is 0.119 e. The van der Waals surface area contributed by atoms with Crippen LogP contribution in [0, 0.1) is 12.3 Å². The summed E-state index contributed by atoms with van der Waals surface area (Å²) in [5.74, 6) is 3.25. The number of para-hydroxylation sites is 1. The van der Waals surface area contributed by atoms with Crippen LogP contribution in [0.4, 0.5) is 0 Å². The molecule has 1 aromatic rings. The van der Waals surface area contributed by atoms with Gasteiger partial charge >= 0.3 is 0 Å². The number of benzene rings is 1. The zero-order chi connectivity index (χ0) is 8.65. The molecular formula is C11H10O. The van der Waals surface area contributed by atoms with E-state index in [-0.39, 0.29) is 0 Å². The molecule has 0 atom stereocenters. The first-order chi connectivity index (χ1) is 5.93. The first kappa shape index (κ1) is 8.42. The highest BCUT2D eigenvalue weighted by molar-refractivity contribution is 5.21. The van der Waals surface area contributed by atoms with Crippen molar-refractivity contribution >= 4 is 0 Å². The predicted molar refractivity (Wildman–Crippen MR) is 49.9 cm³/mol. The summed E-state index contributed by atoms with van der Waals surface area (Å²) < 4.78 is 5.33. The third-order valence-corrected chi connectivity index (χ3v) is 1.30. The number of hydrogen-bond donors (Lipinski definition) is 0. The molecule has 60 valence electrons. The van der Waals surface area contributed by atoms with Crippen LogP contribution in [0.2, 0.25) is 0 Å². The molecule has 0 aromatic heterocycles. The van der Waals surface area contributed by atoms with Gasteiger partial charge in [-0.1, -0.05) is 24.1 Å². The lowest BCUT2D eigenvalue weighted by Crippen LogP contribution is -1.91. The molecule has 0 bridgehead atoms. The molecule has 0 aliphatic heterocycles. The highest BCUT2D eigenvalue weighted by atomic mass is 16.5. The minimum atomic E-state index is 0.522. The Balaban J connectivity index is 2.35. The van der Waals surface area contributed by atoms with Crippen LogP contribution in [0.3, 0.4) is 0 Å². The van der Waals surface area contributed by atoms with Crippen LogP contribution in [0.15, 0.2) is 42.5 Å². The van der Waals surface area contributed by atoms with Crippen molar-refractivity contribution in [2.45, 2.75) is 0 Å². The van der Waals surface area contributed by atoms with Crippen molar-refractivity contribution in [3.8, 4) is 18.1 Å². The Morgan fingerprint density at radius 1 is 1.33 bits per heavy atom. The van der Waals surface area contributed by atoms with E-state index in [0.29, 0.717) is 6.61 Å². The Kier molecular flexibility index (Phi) is 3.53. The molecule has 1 nitrogen and oxygen atoms in total. The molecule has 12 heavy (non-hydrogen) atoms. The van der Waals surface area contributed by atoms with E-state index in [1.54, 1.807) is 12.2 Å². The van der Waals surface area contributed by atoms with Crippen molar-refractivity contribution in [1.82, 2.24) is 0 Å². The standard InChI is InChI=1S/C11H10O/c1-2-3-7-10-12-11-8-5-4-6-9-11/h1,3-9H,10H2. The third kappa shape index (κ3) is 2.94. The van der Waals surface area contributed by atoms with Gasteiger partial charge in [-0.25, -0.2) is 0 Å². The summed E-state index contributed by atoms with van der Waals surface area (Å²) in [4.78, 5) is 0. The van der Waals surface area contributed by atoms with Crippen LogP contribution in [0.5, 0.6) is 5.75 Å². The average molecular weight is 158 g/mol. The molecular weight excluding hydrogens is 148 g/mol. The Bertz CT molecular complexity index is 280. The summed E-state index contributed by atoms with van der Waals surface area (Å²) in [6.45, 7) is 0.522. The van der Waals surface area contributed by atoms with Gasteiger partial charge in [-0.15, -0.1) is 6.42 Å². The molecule has 0 radical (unpaired) electrons. The lowest BCUT2D eigenvalue weighted by molar-refractivity contribution is 0.363. The molecule has 1 heteroatoms. The molecule has 0 spiro atoms. The lowest BCUT2D eigenvalue weighted by atomic mass is 10.3. The average Bonchev–Trinajstić information content (AvgIpc) is 2.14. The van der Waals surface area contributed by atoms with Gasteiger partial charge in [0, 0.05) is 0 Å².